The number of carboxylic acids is 4. The summed E-state index contributed by atoms with van der Waals surface area (Å²) in [5.41, 5.74) is 31.1. The van der Waals surface area contributed by atoms with Crippen molar-refractivity contribution in [2.75, 3.05) is 14.2 Å². The van der Waals surface area contributed by atoms with E-state index in [1.165, 1.54) is 70.9 Å². The maximum absolute atomic E-state index is 15.7. The van der Waals surface area contributed by atoms with E-state index in [9.17, 15) is 36.7 Å². The van der Waals surface area contributed by atoms with E-state index in [1.54, 1.807) is 61.7 Å². The molecule has 0 heterocycles. The van der Waals surface area contributed by atoms with Crippen molar-refractivity contribution < 1.29 is 71.0 Å². The summed E-state index contributed by atoms with van der Waals surface area (Å²) in [5, 5.41) is 37.4. The van der Waals surface area contributed by atoms with Gasteiger partial charge in [-0.2, -0.15) is 13.2 Å². The SMILES string of the molecule is CC/C(=C(\C1=C(Cl)c2ccccc2C1)c1ccc(/C=C/C(=O)O)cc1)c1ccc(C)cc1OC.CC/C(=C(\C1=C(F)c2ccccc2C1)c1ccc(/C=C/C(=O)O)cc1)c1ccc(F)cc1Cl.CC/C(=C(\C1=Cc2ccccc2C1)c1ccc(/C=C/C(=O)O)cc1)c1ccc(C)cc1Cl.CC/C(=C(\C1=Cc2ccccc2C1)c1ccc(/C=C/C(=O)O)cc1)c1ccc(OC)cc1C(F)(F)F. The van der Waals surface area contributed by atoms with Gasteiger partial charge in [-0.3, -0.25) is 0 Å². The summed E-state index contributed by atoms with van der Waals surface area (Å²) in [6.07, 6.45) is 15.6. The molecule has 0 fully saturated rings. The lowest BCUT2D eigenvalue weighted by Gasteiger charge is -2.21. The Kier molecular flexibility index (Phi) is 32.6. The molecule has 10 nitrogen and oxygen atoms in total. The monoisotopic (exact) mass is 1860 g/mol. The molecule has 0 aromatic heterocycles. The van der Waals surface area contributed by atoms with Crippen LogP contribution in [0, 0.1) is 19.7 Å². The standard InChI is InChI=1S/C30H27ClO3.C30H25F3O3.C29H25ClO2.C28H21ClF2O2/c1-4-23(25-15-9-19(2)17-27(25)34-3)29(21-13-10-20(11-14-21)12-16-28(32)33)26-18-22-7-5-6-8-24(22)30(26)31;1-3-25(26-14-13-24(36-2)18-27(26)30(31,32)33)29(23-16-21-6-4-5-7-22(21)17-23)20-11-8-19(9-12-20)10-15-28(34)35;1-3-25(26-14-8-19(2)16-27(26)30)29(24-17-22-6-4-5-7-23(22)18-24)21-12-9-20(10-13-21)11-15-28(31)32;1-2-21(23-13-12-20(30)16-25(23)29)27(18-10-7-17(8-11-18)9-14-26(32)33)24-15-19-5-3-4-6-22(19)28(24)31/h5-17H,4,18H2,1-3H3,(H,32,33);4-16,18H,3,17H2,1-2H3,(H,34,35);4-17H,3,18H2,1-2H3,(H,31,32);3-14,16H,2,15H2,1H3,(H,32,33)/b16-12+,29-23+;15-10+,29-25+;15-11+,29-25+;14-9+,27-21+. The number of hydrogen-bond acceptors (Lipinski definition) is 6. The molecule has 0 saturated heterocycles. The summed E-state index contributed by atoms with van der Waals surface area (Å²) in [6, 6.07) is 83.3. The fraction of sp³-hybridized carbons (Fsp3) is 0.145. The van der Waals surface area contributed by atoms with Gasteiger partial charge in [0.15, 0.2) is 0 Å². The quantitative estimate of drug-likeness (QED) is 0.0233. The second-order valence-electron chi connectivity index (χ2n) is 32.6. The molecule has 4 N–H and O–H groups in total. The number of fused-ring (bicyclic) bond motifs is 4. The molecule has 16 rings (SSSR count). The van der Waals surface area contributed by atoms with E-state index in [0.29, 0.717) is 64.7 Å². The van der Waals surface area contributed by atoms with Gasteiger partial charge < -0.3 is 29.9 Å². The molecule has 0 amide bonds. The van der Waals surface area contributed by atoms with Gasteiger partial charge >= 0.3 is 30.1 Å². The number of benzene rings is 12. The van der Waals surface area contributed by atoms with Crippen molar-refractivity contribution in [2.24, 2.45) is 0 Å². The Bertz CT molecular complexity index is 6950. The number of hydrogen-bond donors (Lipinski definition) is 4. The summed E-state index contributed by atoms with van der Waals surface area (Å²) >= 11 is 20.1. The minimum absolute atomic E-state index is 0.118. The molecule has 0 aliphatic heterocycles. The average molecular weight is 1870 g/mol. The molecule has 0 unspecified atom stereocenters. The Morgan fingerprint density at radius 2 is 0.726 bits per heavy atom. The number of alkyl halides is 3. The summed E-state index contributed by atoms with van der Waals surface area (Å²) in [6.45, 7) is 12.2. The van der Waals surface area contributed by atoms with Crippen LogP contribution in [-0.4, -0.2) is 58.5 Å². The summed E-state index contributed by atoms with van der Waals surface area (Å²) < 4.78 is 82.8. The van der Waals surface area contributed by atoms with Crippen LogP contribution in [-0.2, 0) is 51.0 Å². The summed E-state index contributed by atoms with van der Waals surface area (Å²) in [5.74, 6) is -3.74. The van der Waals surface area contributed by atoms with Gasteiger partial charge in [0, 0.05) is 58.9 Å². The summed E-state index contributed by atoms with van der Waals surface area (Å²) in [4.78, 5) is 43.5. The van der Waals surface area contributed by atoms with Crippen molar-refractivity contribution >= 4 is 151 Å². The van der Waals surface area contributed by atoms with Crippen molar-refractivity contribution in [2.45, 2.75) is 99.1 Å². The third-order valence-corrected chi connectivity index (χ3v) is 24.9. The number of allylic oxidation sites excluding steroid dienone is 12. The fourth-order valence-electron chi connectivity index (χ4n) is 17.6. The minimum atomic E-state index is -4.56. The normalized spacial score (nSPS) is 13.8. The summed E-state index contributed by atoms with van der Waals surface area (Å²) in [7, 11) is 3.05. The van der Waals surface area contributed by atoms with Crippen LogP contribution in [0.15, 0.2) is 314 Å². The molecule has 4 aliphatic rings. The van der Waals surface area contributed by atoms with Crippen LogP contribution in [0.25, 0.3) is 91.9 Å². The molecule has 0 bridgehead atoms. The van der Waals surface area contributed by atoms with Crippen molar-refractivity contribution in [3.8, 4) is 11.5 Å². The molecule has 0 saturated carbocycles. The van der Waals surface area contributed by atoms with E-state index >= 15 is 4.39 Å². The Morgan fingerprint density at radius 1 is 0.370 bits per heavy atom. The smallest absolute Gasteiger partial charge is 0.417 e. The lowest BCUT2D eigenvalue weighted by molar-refractivity contribution is -0.138. The molecule has 12 aromatic carbocycles. The predicted molar refractivity (Wildman–Crippen MR) is 542 cm³/mol. The van der Waals surface area contributed by atoms with E-state index in [1.807, 2.05) is 148 Å². The van der Waals surface area contributed by atoms with E-state index in [-0.39, 0.29) is 22.2 Å². The van der Waals surface area contributed by atoms with Gasteiger partial charge in [0.1, 0.15) is 23.1 Å². The molecule has 0 radical (unpaired) electrons. The van der Waals surface area contributed by atoms with Crippen LogP contribution in [0.2, 0.25) is 10.0 Å². The first-order valence-corrected chi connectivity index (χ1v) is 45.2. The molecule has 0 spiro atoms. The topological polar surface area (TPSA) is 168 Å². The van der Waals surface area contributed by atoms with Crippen molar-refractivity contribution in [3.63, 3.8) is 0 Å². The van der Waals surface area contributed by atoms with Crippen LogP contribution in [0.3, 0.4) is 0 Å². The van der Waals surface area contributed by atoms with Crippen molar-refractivity contribution in [1.29, 1.82) is 0 Å². The van der Waals surface area contributed by atoms with Gasteiger partial charge in [0.25, 0.3) is 0 Å². The van der Waals surface area contributed by atoms with Gasteiger partial charge in [-0.1, -0.05) is 305 Å². The van der Waals surface area contributed by atoms with Gasteiger partial charge in [-0.05, 0) is 286 Å². The second kappa shape index (κ2) is 44.8. The minimum Gasteiger partial charge on any atom is -0.497 e. The highest BCUT2D eigenvalue weighted by molar-refractivity contribution is 6.51. The average Bonchev–Trinajstić information content (AvgIpc) is 1.15. The van der Waals surface area contributed by atoms with Gasteiger partial charge in [-0.15, -0.1) is 0 Å². The van der Waals surface area contributed by atoms with Crippen molar-refractivity contribution in [3.05, 3.63) is 457 Å². The zero-order valence-corrected chi connectivity index (χ0v) is 77.9. The van der Waals surface area contributed by atoms with Crippen LogP contribution in [0.1, 0.15) is 181 Å². The molecule has 0 atom stereocenters. The van der Waals surface area contributed by atoms with Crippen LogP contribution >= 0.6 is 34.8 Å². The van der Waals surface area contributed by atoms with Crippen molar-refractivity contribution in [1.82, 2.24) is 0 Å². The highest BCUT2D eigenvalue weighted by Gasteiger charge is 2.37. The van der Waals surface area contributed by atoms with Gasteiger partial charge in [-0.25, -0.2) is 28.0 Å². The number of aliphatic carboxylic acids is 4. The predicted octanol–water partition coefficient (Wildman–Crippen LogP) is 30.9. The molecular formula is C117H98Cl3F5O10. The highest BCUT2D eigenvalue weighted by Crippen LogP contribution is 2.51. The number of carboxylic acid groups (broad SMARTS) is 4. The first-order chi connectivity index (χ1) is 65.0. The Labute approximate surface area is 798 Å². The number of ether oxygens (including phenoxy) is 2. The Hall–Kier alpha value is -14.5. The van der Waals surface area contributed by atoms with E-state index < -0.39 is 41.4 Å². The highest BCUT2D eigenvalue weighted by atomic mass is 35.5. The molecular weight excluding hydrogens is 1770 g/mol. The molecule has 4 aliphatic carbocycles. The second-order valence-corrected chi connectivity index (χ2v) is 33.8. The number of carbonyl (C=O) groups is 4. The van der Waals surface area contributed by atoms with Gasteiger partial charge in [0.05, 0.1) is 29.8 Å². The van der Waals surface area contributed by atoms with Crippen LogP contribution in [0.5, 0.6) is 11.5 Å². The molecule has 18 heteroatoms. The maximum Gasteiger partial charge on any atom is 0.417 e. The fourth-order valence-corrected chi connectivity index (χ4v) is 18.6. The zero-order valence-electron chi connectivity index (χ0n) is 75.6. The molecule has 135 heavy (non-hydrogen) atoms. The van der Waals surface area contributed by atoms with E-state index in [4.69, 9.17) is 64.7 Å². The number of methoxy groups -OCH3 is 2. The molecule has 12 aromatic rings. The van der Waals surface area contributed by atoms with Crippen LogP contribution < -0.4 is 9.47 Å². The Balaban J connectivity index is 0.000000153. The first kappa shape index (κ1) is 98.0. The molecule has 682 valence electrons. The lowest BCUT2D eigenvalue weighted by atomic mass is 9.85. The maximum atomic E-state index is 15.7. The zero-order chi connectivity index (χ0) is 96.3. The third kappa shape index (κ3) is 23.8. The largest absolute Gasteiger partial charge is 0.497 e. The Morgan fingerprint density at radius 3 is 1.13 bits per heavy atom. The number of halogens is 8. The third-order valence-electron chi connectivity index (χ3n) is 23.9. The van der Waals surface area contributed by atoms with E-state index in [0.717, 1.165) is 183 Å². The van der Waals surface area contributed by atoms with E-state index in [2.05, 4.69) is 106 Å². The van der Waals surface area contributed by atoms with Gasteiger partial charge in [0.2, 0.25) is 0 Å². The first-order valence-electron chi connectivity index (χ1n) is 44.1. The number of rotatable bonds is 26. The number of aryl methyl sites for hydroxylation is 2. The van der Waals surface area contributed by atoms with Crippen LogP contribution in [0.4, 0.5) is 22.0 Å². The lowest BCUT2D eigenvalue weighted by Crippen LogP contribution is -2.10.